The van der Waals surface area contributed by atoms with Crippen LogP contribution in [0.3, 0.4) is 0 Å². The zero-order chi connectivity index (χ0) is 14.4. The number of methoxy groups -OCH3 is 2. The summed E-state index contributed by atoms with van der Waals surface area (Å²) in [5, 5.41) is 3.24. The van der Waals surface area contributed by atoms with E-state index in [1.165, 1.54) is 7.11 Å². The van der Waals surface area contributed by atoms with Gasteiger partial charge in [0, 0.05) is 12.2 Å². The number of carbonyl (C=O) groups excluding carboxylic acids is 1. The van der Waals surface area contributed by atoms with Crippen molar-refractivity contribution in [3.8, 4) is 5.75 Å². The van der Waals surface area contributed by atoms with Gasteiger partial charge in [0.15, 0.2) is 0 Å². The van der Waals surface area contributed by atoms with Crippen LogP contribution in [0.2, 0.25) is 0 Å². The van der Waals surface area contributed by atoms with Gasteiger partial charge in [-0.15, -0.1) is 0 Å². The van der Waals surface area contributed by atoms with Crippen molar-refractivity contribution in [1.29, 1.82) is 0 Å². The Bertz CT molecular complexity index is 579. The van der Waals surface area contributed by atoms with Crippen LogP contribution in [0, 0.1) is 0 Å². The van der Waals surface area contributed by atoms with Crippen LogP contribution in [0.15, 0.2) is 48.5 Å². The Morgan fingerprint density at radius 2 is 1.75 bits per heavy atom. The Morgan fingerprint density at radius 1 is 1.05 bits per heavy atom. The molecule has 0 aliphatic heterocycles. The third kappa shape index (κ3) is 3.29. The first-order valence-corrected chi connectivity index (χ1v) is 6.28. The van der Waals surface area contributed by atoms with Crippen LogP contribution in [-0.4, -0.2) is 20.2 Å². The molecule has 1 N–H and O–H groups in total. The molecular formula is C16H17NO3. The second-order valence-corrected chi connectivity index (χ2v) is 4.24. The van der Waals surface area contributed by atoms with E-state index in [2.05, 4.69) is 5.32 Å². The van der Waals surface area contributed by atoms with Crippen molar-refractivity contribution in [2.45, 2.75) is 6.54 Å². The molecule has 2 rings (SSSR count). The first-order chi connectivity index (χ1) is 9.74. The highest BCUT2D eigenvalue weighted by atomic mass is 16.5. The number of para-hydroxylation sites is 1. The number of anilines is 1. The Kier molecular flexibility index (Phi) is 4.60. The zero-order valence-electron chi connectivity index (χ0n) is 11.6. The summed E-state index contributed by atoms with van der Waals surface area (Å²) in [6.07, 6.45) is 0. The highest BCUT2D eigenvalue weighted by Gasteiger charge is 2.10. The molecule has 0 unspecified atom stereocenters. The molecule has 0 radical (unpaired) electrons. The maximum atomic E-state index is 11.7. The van der Waals surface area contributed by atoms with Gasteiger partial charge in [-0.3, -0.25) is 0 Å². The summed E-state index contributed by atoms with van der Waals surface area (Å²) in [5.41, 5.74) is 2.39. The third-order valence-corrected chi connectivity index (χ3v) is 2.97. The van der Waals surface area contributed by atoms with Crippen molar-refractivity contribution in [3.05, 3.63) is 59.7 Å². The molecular weight excluding hydrogens is 254 g/mol. The van der Waals surface area contributed by atoms with Gasteiger partial charge < -0.3 is 14.8 Å². The van der Waals surface area contributed by atoms with E-state index in [0.29, 0.717) is 12.1 Å². The minimum absolute atomic E-state index is 0.345. The molecule has 0 atom stereocenters. The molecule has 2 aromatic rings. The van der Waals surface area contributed by atoms with Crippen molar-refractivity contribution in [1.82, 2.24) is 0 Å². The minimum Gasteiger partial charge on any atom is -0.497 e. The molecule has 0 aromatic heterocycles. The smallest absolute Gasteiger partial charge is 0.339 e. The van der Waals surface area contributed by atoms with Crippen molar-refractivity contribution in [2.24, 2.45) is 0 Å². The van der Waals surface area contributed by atoms with E-state index >= 15 is 0 Å². The average Bonchev–Trinajstić information content (AvgIpc) is 2.53. The van der Waals surface area contributed by atoms with Crippen LogP contribution < -0.4 is 10.1 Å². The minimum atomic E-state index is -0.345. The van der Waals surface area contributed by atoms with Crippen LogP contribution in [-0.2, 0) is 11.3 Å². The van der Waals surface area contributed by atoms with Gasteiger partial charge in [-0.05, 0) is 29.8 Å². The van der Waals surface area contributed by atoms with E-state index in [9.17, 15) is 4.79 Å². The second-order valence-electron chi connectivity index (χ2n) is 4.24. The summed E-state index contributed by atoms with van der Waals surface area (Å²) < 4.78 is 9.88. The van der Waals surface area contributed by atoms with Gasteiger partial charge in [0.2, 0.25) is 0 Å². The highest BCUT2D eigenvalue weighted by Crippen LogP contribution is 2.18. The fourth-order valence-electron chi connectivity index (χ4n) is 1.87. The van der Waals surface area contributed by atoms with Crippen molar-refractivity contribution in [3.63, 3.8) is 0 Å². The fraction of sp³-hybridized carbons (Fsp3) is 0.188. The van der Waals surface area contributed by atoms with Crippen LogP contribution in [0.25, 0.3) is 0 Å². The molecule has 0 amide bonds. The van der Waals surface area contributed by atoms with E-state index in [1.807, 2.05) is 42.5 Å². The normalized spacial score (nSPS) is 9.90. The maximum Gasteiger partial charge on any atom is 0.339 e. The van der Waals surface area contributed by atoms with Gasteiger partial charge in [-0.1, -0.05) is 24.3 Å². The lowest BCUT2D eigenvalue weighted by atomic mass is 10.1. The Balaban J connectivity index is 2.08. The number of ether oxygens (including phenoxy) is 2. The fourth-order valence-corrected chi connectivity index (χ4v) is 1.87. The Labute approximate surface area is 118 Å². The maximum absolute atomic E-state index is 11.7. The molecule has 0 aliphatic rings. The molecule has 0 saturated heterocycles. The molecule has 4 heteroatoms. The number of nitrogens with one attached hydrogen (secondary N) is 1. The van der Waals surface area contributed by atoms with Crippen LogP contribution in [0.5, 0.6) is 5.75 Å². The molecule has 0 saturated carbocycles. The number of hydrogen-bond donors (Lipinski definition) is 1. The molecule has 2 aromatic carbocycles. The van der Waals surface area contributed by atoms with Crippen LogP contribution >= 0.6 is 0 Å². The molecule has 0 heterocycles. The van der Waals surface area contributed by atoms with Crippen LogP contribution in [0.1, 0.15) is 15.9 Å². The van der Waals surface area contributed by atoms with Gasteiger partial charge in [0.05, 0.1) is 19.8 Å². The second kappa shape index (κ2) is 6.61. The standard InChI is InChI=1S/C16H17NO3/c1-19-13-9-7-12(8-10-13)11-17-15-6-4-3-5-14(15)16(18)20-2/h3-10,17H,11H2,1-2H3. The topological polar surface area (TPSA) is 47.6 Å². The van der Waals surface area contributed by atoms with Crippen molar-refractivity contribution < 1.29 is 14.3 Å². The molecule has 20 heavy (non-hydrogen) atoms. The Morgan fingerprint density at radius 3 is 2.40 bits per heavy atom. The summed E-state index contributed by atoms with van der Waals surface area (Å²) in [4.78, 5) is 11.7. The third-order valence-electron chi connectivity index (χ3n) is 2.97. The van der Waals surface area contributed by atoms with Crippen LogP contribution in [0.4, 0.5) is 5.69 Å². The predicted octanol–water partition coefficient (Wildman–Crippen LogP) is 3.09. The van der Waals surface area contributed by atoms with Crippen molar-refractivity contribution in [2.75, 3.05) is 19.5 Å². The number of benzene rings is 2. The summed E-state index contributed by atoms with van der Waals surface area (Å²) in [6.45, 7) is 0.623. The summed E-state index contributed by atoms with van der Waals surface area (Å²) in [6, 6.07) is 15.1. The van der Waals surface area contributed by atoms with Gasteiger partial charge in [-0.2, -0.15) is 0 Å². The van der Waals surface area contributed by atoms with Gasteiger partial charge in [-0.25, -0.2) is 4.79 Å². The molecule has 104 valence electrons. The van der Waals surface area contributed by atoms with Gasteiger partial charge >= 0.3 is 5.97 Å². The molecule has 4 nitrogen and oxygen atoms in total. The number of carbonyl (C=O) groups is 1. The van der Waals surface area contributed by atoms with E-state index in [-0.39, 0.29) is 5.97 Å². The lowest BCUT2D eigenvalue weighted by Gasteiger charge is -2.11. The molecule has 0 spiro atoms. The molecule has 0 aliphatic carbocycles. The molecule has 0 bridgehead atoms. The van der Waals surface area contributed by atoms with Crippen molar-refractivity contribution >= 4 is 11.7 Å². The van der Waals surface area contributed by atoms with E-state index in [4.69, 9.17) is 9.47 Å². The Hall–Kier alpha value is -2.49. The number of hydrogen-bond acceptors (Lipinski definition) is 4. The molecule has 0 fully saturated rings. The SMILES string of the molecule is COC(=O)c1ccccc1NCc1ccc(OC)cc1. The average molecular weight is 271 g/mol. The first kappa shape index (κ1) is 13.9. The highest BCUT2D eigenvalue weighted by molar-refractivity contribution is 5.95. The zero-order valence-corrected chi connectivity index (χ0v) is 11.6. The van der Waals surface area contributed by atoms with E-state index in [0.717, 1.165) is 17.0 Å². The largest absolute Gasteiger partial charge is 0.497 e. The monoisotopic (exact) mass is 271 g/mol. The van der Waals surface area contributed by atoms with Gasteiger partial charge in [0.25, 0.3) is 0 Å². The summed E-state index contributed by atoms with van der Waals surface area (Å²) in [7, 11) is 3.02. The number of esters is 1. The van der Waals surface area contributed by atoms with Gasteiger partial charge in [0.1, 0.15) is 5.75 Å². The predicted molar refractivity (Wildman–Crippen MR) is 78.1 cm³/mol. The summed E-state index contributed by atoms with van der Waals surface area (Å²) in [5.74, 6) is 0.478. The van der Waals surface area contributed by atoms with E-state index < -0.39 is 0 Å². The van der Waals surface area contributed by atoms with E-state index in [1.54, 1.807) is 13.2 Å². The lowest BCUT2D eigenvalue weighted by Crippen LogP contribution is -2.08. The number of rotatable bonds is 5. The first-order valence-electron chi connectivity index (χ1n) is 6.28. The quantitative estimate of drug-likeness (QED) is 0.849. The summed E-state index contributed by atoms with van der Waals surface area (Å²) >= 11 is 0. The lowest BCUT2D eigenvalue weighted by molar-refractivity contribution is 0.0602.